The van der Waals surface area contributed by atoms with E-state index in [1.807, 2.05) is 0 Å². The second-order valence-corrected chi connectivity index (χ2v) is 6.16. The molecule has 1 rings (SSSR count). The zero-order valence-electron chi connectivity index (χ0n) is 15.3. The summed E-state index contributed by atoms with van der Waals surface area (Å²) < 4.78 is 23.9. The number of ether oxygens (including phenoxy) is 2. The lowest BCUT2D eigenvalue weighted by Crippen LogP contribution is -2.12. The summed E-state index contributed by atoms with van der Waals surface area (Å²) in [5, 5.41) is 0. The van der Waals surface area contributed by atoms with E-state index < -0.39 is 17.8 Å². The van der Waals surface area contributed by atoms with E-state index in [2.05, 4.69) is 13.8 Å². The van der Waals surface area contributed by atoms with Gasteiger partial charge in [-0.3, -0.25) is 9.59 Å². The van der Waals surface area contributed by atoms with E-state index in [1.165, 1.54) is 12.1 Å². The van der Waals surface area contributed by atoms with Crippen molar-refractivity contribution >= 4 is 11.9 Å². The fourth-order valence-corrected chi connectivity index (χ4v) is 2.39. The first-order valence-corrected chi connectivity index (χ1v) is 9.27. The molecule has 0 atom stereocenters. The molecule has 0 spiro atoms. The predicted molar refractivity (Wildman–Crippen MR) is 95.2 cm³/mol. The Bertz CT molecular complexity index is 542. The Balaban J connectivity index is 2.56. The smallest absolute Gasteiger partial charge is 0.311 e. The van der Waals surface area contributed by atoms with Crippen molar-refractivity contribution in [3.05, 3.63) is 24.0 Å². The molecule has 0 aliphatic heterocycles. The first-order chi connectivity index (χ1) is 12.1. The molecule has 25 heavy (non-hydrogen) atoms. The lowest BCUT2D eigenvalue weighted by atomic mass is 10.1. The molecular weight excluding hydrogens is 323 g/mol. The lowest BCUT2D eigenvalue weighted by molar-refractivity contribution is -0.137. The summed E-state index contributed by atoms with van der Waals surface area (Å²) >= 11 is 0. The van der Waals surface area contributed by atoms with Gasteiger partial charge in [-0.2, -0.15) is 0 Å². The summed E-state index contributed by atoms with van der Waals surface area (Å²) in [6.45, 7) is 4.19. The van der Waals surface area contributed by atoms with Crippen LogP contribution in [0.5, 0.6) is 11.5 Å². The molecule has 0 saturated heterocycles. The summed E-state index contributed by atoms with van der Waals surface area (Å²) in [5.74, 6) is -1.34. The third-order valence-corrected chi connectivity index (χ3v) is 3.82. The third kappa shape index (κ3) is 9.22. The number of hydrogen-bond acceptors (Lipinski definition) is 4. The van der Waals surface area contributed by atoms with Crippen LogP contribution in [0.2, 0.25) is 0 Å². The maximum absolute atomic E-state index is 13.4. The topological polar surface area (TPSA) is 52.6 Å². The fraction of sp³-hybridized carbons (Fsp3) is 0.600. The number of halogens is 1. The van der Waals surface area contributed by atoms with Crippen molar-refractivity contribution in [1.82, 2.24) is 0 Å². The standard InChI is InChI=1S/C20H29FO4/c1-3-5-7-9-11-19(22)24-17-14-13-16(21)15-18(17)25-20(23)12-10-8-6-4-2/h13-15H,3-12H2,1-2H3. The molecule has 4 nitrogen and oxygen atoms in total. The first-order valence-electron chi connectivity index (χ1n) is 9.27. The molecule has 0 radical (unpaired) electrons. The van der Waals surface area contributed by atoms with E-state index in [1.54, 1.807) is 0 Å². The van der Waals surface area contributed by atoms with Gasteiger partial charge >= 0.3 is 11.9 Å². The Morgan fingerprint density at radius 1 is 0.800 bits per heavy atom. The van der Waals surface area contributed by atoms with Crippen LogP contribution >= 0.6 is 0 Å². The second-order valence-electron chi connectivity index (χ2n) is 6.16. The molecule has 0 aromatic heterocycles. The van der Waals surface area contributed by atoms with Gasteiger partial charge < -0.3 is 9.47 Å². The molecule has 5 heteroatoms. The summed E-state index contributed by atoms with van der Waals surface area (Å²) in [6.07, 6.45) is 8.27. The van der Waals surface area contributed by atoms with Gasteiger partial charge in [-0.05, 0) is 25.0 Å². The largest absolute Gasteiger partial charge is 0.423 e. The zero-order valence-corrected chi connectivity index (χ0v) is 15.3. The van der Waals surface area contributed by atoms with Crippen LogP contribution in [0, 0.1) is 5.82 Å². The average molecular weight is 352 g/mol. The number of carbonyl (C=O) groups excluding carboxylic acids is 2. The molecular formula is C20H29FO4. The highest BCUT2D eigenvalue weighted by molar-refractivity contribution is 5.76. The molecule has 0 amide bonds. The van der Waals surface area contributed by atoms with Gasteiger partial charge in [0.2, 0.25) is 0 Å². The zero-order chi connectivity index (χ0) is 18.5. The van der Waals surface area contributed by atoms with E-state index >= 15 is 0 Å². The number of carbonyl (C=O) groups is 2. The number of benzene rings is 1. The summed E-state index contributed by atoms with van der Waals surface area (Å²) in [6, 6.07) is 3.57. The van der Waals surface area contributed by atoms with E-state index in [9.17, 15) is 14.0 Å². The monoisotopic (exact) mass is 352 g/mol. The van der Waals surface area contributed by atoms with Gasteiger partial charge in [-0.1, -0.05) is 52.4 Å². The number of esters is 2. The van der Waals surface area contributed by atoms with Crippen molar-refractivity contribution in [2.24, 2.45) is 0 Å². The van der Waals surface area contributed by atoms with Crippen molar-refractivity contribution in [2.45, 2.75) is 78.1 Å². The van der Waals surface area contributed by atoms with E-state index in [0.29, 0.717) is 6.42 Å². The van der Waals surface area contributed by atoms with Gasteiger partial charge in [0.25, 0.3) is 0 Å². The minimum absolute atomic E-state index is 0.0394. The number of hydrogen-bond donors (Lipinski definition) is 0. The minimum atomic E-state index is -0.545. The molecule has 1 aromatic rings. The Morgan fingerprint density at radius 3 is 1.84 bits per heavy atom. The maximum Gasteiger partial charge on any atom is 0.311 e. The van der Waals surface area contributed by atoms with Crippen LogP contribution in [0.25, 0.3) is 0 Å². The van der Waals surface area contributed by atoms with Crippen LogP contribution < -0.4 is 9.47 Å². The Labute approximate surface area is 149 Å². The van der Waals surface area contributed by atoms with Gasteiger partial charge in [0.15, 0.2) is 11.5 Å². The first kappa shape index (κ1) is 21.1. The molecule has 0 aliphatic rings. The van der Waals surface area contributed by atoms with E-state index in [0.717, 1.165) is 57.4 Å². The molecule has 0 bridgehead atoms. The predicted octanol–water partition coefficient (Wildman–Crippen LogP) is 5.58. The minimum Gasteiger partial charge on any atom is -0.423 e. The van der Waals surface area contributed by atoms with Crippen LogP contribution in [0.4, 0.5) is 4.39 Å². The molecule has 140 valence electrons. The molecule has 0 fully saturated rings. The van der Waals surface area contributed by atoms with Gasteiger partial charge in [-0.25, -0.2) is 4.39 Å². The highest BCUT2D eigenvalue weighted by atomic mass is 19.1. The Hall–Kier alpha value is -1.91. The van der Waals surface area contributed by atoms with Crippen molar-refractivity contribution in [2.75, 3.05) is 0 Å². The van der Waals surface area contributed by atoms with Crippen LogP contribution in [0.15, 0.2) is 18.2 Å². The maximum atomic E-state index is 13.4. The van der Waals surface area contributed by atoms with Crippen molar-refractivity contribution in [3.8, 4) is 11.5 Å². The van der Waals surface area contributed by atoms with Crippen LogP contribution in [0.3, 0.4) is 0 Å². The molecule has 0 aliphatic carbocycles. The average Bonchev–Trinajstić information content (AvgIpc) is 2.58. The Kier molecular flexibility index (Phi) is 10.5. The molecule has 0 unspecified atom stereocenters. The van der Waals surface area contributed by atoms with Gasteiger partial charge in [0.1, 0.15) is 5.82 Å². The molecule has 0 heterocycles. The van der Waals surface area contributed by atoms with Crippen molar-refractivity contribution in [1.29, 1.82) is 0 Å². The third-order valence-electron chi connectivity index (χ3n) is 3.82. The SMILES string of the molecule is CCCCCCC(=O)Oc1ccc(F)cc1OC(=O)CCCCCC. The molecule has 1 aromatic carbocycles. The van der Waals surface area contributed by atoms with Crippen LogP contribution in [-0.2, 0) is 9.59 Å². The lowest BCUT2D eigenvalue weighted by Gasteiger charge is -2.11. The molecule has 0 N–H and O–H groups in total. The van der Waals surface area contributed by atoms with Gasteiger partial charge in [0, 0.05) is 18.9 Å². The fourth-order valence-electron chi connectivity index (χ4n) is 2.39. The second kappa shape index (κ2) is 12.5. The van der Waals surface area contributed by atoms with Crippen LogP contribution in [-0.4, -0.2) is 11.9 Å². The summed E-state index contributed by atoms with van der Waals surface area (Å²) in [4.78, 5) is 23.8. The van der Waals surface area contributed by atoms with Crippen molar-refractivity contribution in [3.63, 3.8) is 0 Å². The van der Waals surface area contributed by atoms with E-state index in [4.69, 9.17) is 9.47 Å². The van der Waals surface area contributed by atoms with Crippen molar-refractivity contribution < 1.29 is 23.5 Å². The Morgan fingerprint density at radius 2 is 1.32 bits per heavy atom. The van der Waals surface area contributed by atoms with Gasteiger partial charge in [0.05, 0.1) is 0 Å². The summed E-state index contributed by atoms with van der Waals surface area (Å²) in [5.41, 5.74) is 0. The number of unbranched alkanes of at least 4 members (excludes halogenated alkanes) is 6. The van der Waals surface area contributed by atoms with E-state index in [-0.39, 0.29) is 17.9 Å². The highest BCUT2D eigenvalue weighted by Gasteiger charge is 2.15. The van der Waals surface area contributed by atoms with Crippen LogP contribution in [0.1, 0.15) is 78.1 Å². The number of rotatable bonds is 12. The normalized spacial score (nSPS) is 10.5. The molecule has 0 saturated carbocycles. The quantitative estimate of drug-likeness (QED) is 0.280. The van der Waals surface area contributed by atoms with Gasteiger partial charge in [-0.15, -0.1) is 0 Å². The summed E-state index contributed by atoms with van der Waals surface area (Å²) in [7, 11) is 0. The highest BCUT2D eigenvalue weighted by Crippen LogP contribution is 2.29.